The summed E-state index contributed by atoms with van der Waals surface area (Å²) in [5.74, 6) is -0.162. The summed E-state index contributed by atoms with van der Waals surface area (Å²) < 4.78 is 19.4. The zero-order valence-corrected chi connectivity index (χ0v) is 9.79. The number of hydrogen-bond acceptors (Lipinski definition) is 2. The van der Waals surface area contributed by atoms with Crippen LogP contribution in [0.25, 0.3) is 0 Å². The van der Waals surface area contributed by atoms with E-state index in [1.54, 1.807) is 13.2 Å². The van der Waals surface area contributed by atoms with Crippen molar-refractivity contribution in [3.05, 3.63) is 35.6 Å². The van der Waals surface area contributed by atoms with Crippen LogP contribution in [-0.2, 0) is 4.74 Å². The molecule has 2 rings (SSSR count). The summed E-state index contributed by atoms with van der Waals surface area (Å²) in [6.45, 7) is 0. The maximum atomic E-state index is 13.8. The Morgan fingerprint density at radius 1 is 1.38 bits per heavy atom. The van der Waals surface area contributed by atoms with Gasteiger partial charge in [0.1, 0.15) is 5.82 Å². The van der Waals surface area contributed by atoms with Crippen molar-refractivity contribution in [1.82, 2.24) is 5.32 Å². The molecule has 0 aliphatic heterocycles. The standard InChI is InChI=1S/C13H18FNO/c1-15-12(13(16-2)8-5-9-13)10-6-3-4-7-11(10)14/h3-4,6-7,12,15H,5,8-9H2,1-2H3. The predicted octanol–water partition coefficient (Wildman–Crippen LogP) is 2.66. The number of benzene rings is 1. The van der Waals surface area contributed by atoms with E-state index in [2.05, 4.69) is 5.32 Å². The van der Waals surface area contributed by atoms with Gasteiger partial charge in [-0.3, -0.25) is 0 Å². The Balaban J connectivity index is 2.32. The molecule has 1 aromatic rings. The van der Waals surface area contributed by atoms with E-state index < -0.39 is 0 Å². The minimum Gasteiger partial charge on any atom is -0.376 e. The molecule has 0 aromatic heterocycles. The molecule has 16 heavy (non-hydrogen) atoms. The fraction of sp³-hybridized carbons (Fsp3) is 0.538. The molecule has 0 amide bonds. The zero-order chi connectivity index (χ0) is 11.6. The van der Waals surface area contributed by atoms with E-state index in [0.29, 0.717) is 5.56 Å². The fourth-order valence-corrected chi connectivity index (χ4v) is 2.55. The number of rotatable bonds is 4. The predicted molar refractivity (Wildman–Crippen MR) is 61.8 cm³/mol. The van der Waals surface area contributed by atoms with Gasteiger partial charge in [-0.05, 0) is 32.4 Å². The minimum atomic E-state index is -0.225. The van der Waals surface area contributed by atoms with E-state index in [0.717, 1.165) is 19.3 Å². The van der Waals surface area contributed by atoms with Crippen LogP contribution in [0.4, 0.5) is 4.39 Å². The lowest BCUT2D eigenvalue weighted by Gasteiger charge is -2.46. The molecule has 0 saturated heterocycles. The number of nitrogens with one attached hydrogen (secondary N) is 1. The van der Waals surface area contributed by atoms with Crippen LogP contribution in [0.2, 0.25) is 0 Å². The van der Waals surface area contributed by atoms with Crippen molar-refractivity contribution in [3.8, 4) is 0 Å². The number of methoxy groups -OCH3 is 1. The Morgan fingerprint density at radius 2 is 2.06 bits per heavy atom. The summed E-state index contributed by atoms with van der Waals surface area (Å²) in [7, 11) is 3.57. The SMILES string of the molecule is CNC(c1ccccc1F)C1(OC)CCC1. The Labute approximate surface area is 95.8 Å². The van der Waals surface area contributed by atoms with Crippen LogP contribution in [0, 0.1) is 5.82 Å². The molecule has 1 aliphatic rings. The minimum absolute atomic E-state index is 0.0625. The highest BCUT2D eigenvalue weighted by Crippen LogP contribution is 2.45. The zero-order valence-electron chi connectivity index (χ0n) is 9.79. The van der Waals surface area contributed by atoms with Crippen LogP contribution in [0.15, 0.2) is 24.3 Å². The second kappa shape index (κ2) is 4.52. The van der Waals surface area contributed by atoms with Crippen molar-refractivity contribution in [2.24, 2.45) is 0 Å². The number of hydrogen-bond donors (Lipinski definition) is 1. The Kier molecular flexibility index (Phi) is 3.26. The molecule has 1 aliphatic carbocycles. The normalized spacial score (nSPS) is 20.2. The van der Waals surface area contributed by atoms with E-state index in [4.69, 9.17) is 4.74 Å². The van der Waals surface area contributed by atoms with Gasteiger partial charge in [-0.2, -0.15) is 0 Å². The molecule has 1 aromatic carbocycles. The molecule has 3 heteroatoms. The van der Waals surface area contributed by atoms with Crippen LogP contribution in [-0.4, -0.2) is 19.8 Å². The van der Waals surface area contributed by atoms with Gasteiger partial charge in [-0.15, -0.1) is 0 Å². The van der Waals surface area contributed by atoms with Gasteiger partial charge >= 0.3 is 0 Å². The average Bonchev–Trinajstić information content (AvgIpc) is 2.25. The van der Waals surface area contributed by atoms with Crippen molar-refractivity contribution in [3.63, 3.8) is 0 Å². The Hall–Kier alpha value is -0.930. The molecule has 1 N–H and O–H groups in total. The second-order valence-electron chi connectivity index (χ2n) is 4.37. The molecule has 88 valence electrons. The molecule has 0 bridgehead atoms. The van der Waals surface area contributed by atoms with Crippen LogP contribution in [0.5, 0.6) is 0 Å². The van der Waals surface area contributed by atoms with E-state index in [9.17, 15) is 4.39 Å². The maximum Gasteiger partial charge on any atom is 0.128 e. The summed E-state index contributed by atoms with van der Waals surface area (Å²) in [5, 5.41) is 3.19. The molecular formula is C13H18FNO. The molecule has 0 spiro atoms. The first-order valence-electron chi connectivity index (χ1n) is 5.70. The van der Waals surface area contributed by atoms with Gasteiger partial charge in [0.25, 0.3) is 0 Å². The lowest BCUT2D eigenvalue weighted by molar-refractivity contribution is -0.0989. The van der Waals surface area contributed by atoms with Crippen LogP contribution in [0.1, 0.15) is 30.9 Å². The van der Waals surface area contributed by atoms with Crippen molar-refractivity contribution in [2.45, 2.75) is 30.9 Å². The van der Waals surface area contributed by atoms with Gasteiger partial charge in [0.05, 0.1) is 11.6 Å². The highest BCUT2D eigenvalue weighted by atomic mass is 19.1. The summed E-state index contributed by atoms with van der Waals surface area (Å²) in [6, 6.07) is 6.85. The summed E-state index contributed by atoms with van der Waals surface area (Å²) in [5.41, 5.74) is 0.475. The largest absolute Gasteiger partial charge is 0.376 e. The third kappa shape index (κ3) is 1.74. The molecular weight excluding hydrogens is 205 g/mol. The van der Waals surface area contributed by atoms with Crippen LogP contribution in [0.3, 0.4) is 0 Å². The number of ether oxygens (including phenoxy) is 1. The molecule has 0 heterocycles. The van der Waals surface area contributed by atoms with E-state index in [-0.39, 0.29) is 17.5 Å². The lowest BCUT2D eigenvalue weighted by atomic mass is 9.72. The first-order valence-corrected chi connectivity index (χ1v) is 5.70. The van der Waals surface area contributed by atoms with Crippen molar-refractivity contribution in [1.29, 1.82) is 0 Å². The van der Waals surface area contributed by atoms with Gasteiger partial charge in [0.2, 0.25) is 0 Å². The molecule has 1 atom stereocenters. The van der Waals surface area contributed by atoms with Crippen LogP contribution < -0.4 is 5.32 Å². The Bertz CT molecular complexity index is 357. The topological polar surface area (TPSA) is 21.3 Å². The summed E-state index contributed by atoms with van der Waals surface area (Å²) in [4.78, 5) is 0. The van der Waals surface area contributed by atoms with Gasteiger partial charge in [-0.1, -0.05) is 18.2 Å². The third-order valence-electron chi connectivity index (χ3n) is 3.64. The maximum absolute atomic E-state index is 13.8. The third-order valence-corrected chi connectivity index (χ3v) is 3.64. The number of likely N-dealkylation sites (N-methyl/N-ethyl adjacent to an activating group) is 1. The van der Waals surface area contributed by atoms with Crippen molar-refractivity contribution >= 4 is 0 Å². The molecule has 0 radical (unpaired) electrons. The average molecular weight is 223 g/mol. The smallest absolute Gasteiger partial charge is 0.128 e. The number of halogens is 1. The highest BCUT2D eigenvalue weighted by Gasteiger charge is 2.45. The van der Waals surface area contributed by atoms with E-state index in [1.165, 1.54) is 6.07 Å². The summed E-state index contributed by atoms with van der Waals surface area (Å²) >= 11 is 0. The first-order chi connectivity index (χ1) is 7.73. The highest BCUT2D eigenvalue weighted by molar-refractivity contribution is 5.25. The first kappa shape index (κ1) is 11.6. The van der Waals surface area contributed by atoms with Crippen molar-refractivity contribution in [2.75, 3.05) is 14.2 Å². The van der Waals surface area contributed by atoms with Crippen LogP contribution >= 0.6 is 0 Å². The fourth-order valence-electron chi connectivity index (χ4n) is 2.55. The van der Waals surface area contributed by atoms with Gasteiger partial charge in [-0.25, -0.2) is 4.39 Å². The molecule has 1 fully saturated rings. The quantitative estimate of drug-likeness (QED) is 0.847. The van der Waals surface area contributed by atoms with Gasteiger partial charge in [0.15, 0.2) is 0 Å². The summed E-state index contributed by atoms with van der Waals surface area (Å²) in [6.07, 6.45) is 3.13. The van der Waals surface area contributed by atoms with Crippen molar-refractivity contribution < 1.29 is 9.13 Å². The van der Waals surface area contributed by atoms with E-state index in [1.807, 2.05) is 19.2 Å². The lowest BCUT2D eigenvalue weighted by Crippen LogP contribution is -2.50. The van der Waals surface area contributed by atoms with E-state index >= 15 is 0 Å². The van der Waals surface area contributed by atoms with Gasteiger partial charge in [0, 0.05) is 12.7 Å². The molecule has 1 saturated carbocycles. The molecule has 1 unspecified atom stereocenters. The second-order valence-corrected chi connectivity index (χ2v) is 4.37. The van der Waals surface area contributed by atoms with Gasteiger partial charge < -0.3 is 10.1 Å². The Morgan fingerprint density at radius 3 is 2.50 bits per heavy atom. The molecule has 2 nitrogen and oxygen atoms in total. The monoisotopic (exact) mass is 223 g/mol.